The van der Waals surface area contributed by atoms with E-state index in [1.54, 1.807) is 4.31 Å². The molecular weight excluding hydrogens is 248 g/mol. The van der Waals surface area contributed by atoms with Gasteiger partial charge in [0.25, 0.3) is 0 Å². The molecule has 0 spiro atoms. The lowest BCUT2D eigenvalue weighted by Gasteiger charge is -2.36. The van der Waals surface area contributed by atoms with Gasteiger partial charge in [0.05, 0.1) is 5.75 Å². The minimum atomic E-state index is -3.06. The predicted octanol–water partition coefficient (Wildman–Crippen LogP) is 0.971. The highest BCUT2D eigenvalue weighted by atomic mass is 35.5. The third-order valence-electron chi connectivity index (χ3n) is 3.10. The van der Waals surface area contributed by atoms with Crippen molar-refractivity contribution < 1.29 is 8.42 Å². The summed E-state index contributed by atoms with van der Waals surface area (Å²) in [5.41, 5.74) is 0. The molecule has 6 heteroatoms. The van der Waals surface area contributed by atoms with Crippen LogP contribution < -0.4 is 0 Å². The van der Waals surface area contributed by atoms with E-state index in [0.29, 0.717) is 31.4 Å². The molecule has 1 aliphatic rings. The number of sulfonamides is 1. The van der Waals surface area contributed by atoms with Crippen LogP contribution in [-0.2, 0) is 10.0 Å². The predicted molar refractivity (Wildman–Crippen MR) is 67.4 cm³/mol. The van der Waals surface area contributed by atoms with Gasteiger partial charge < -0.3 is 4.90 Å². The zero-order valence-corrected chi connectivity index (χ0v) is 11.6. The van der Waals surface area contributed by atoms with Gasteiger partial charge >= 0.3 is 0 Å². The quantitative estimate of drug-likeness (QED) is 0.551. The molecule has 0 saturated carbocycles. The standard InChI is InChI=1S/C10H21ClN2O2S/c1-10-9-13(7-6-12(10)2)16(14,15)8-4-3-5-11/h10H,3-9H2,1-2H3. The van der Waals surface area contributed by atoms with Gasteiger partial charge in [0.15, 0.2) is 0 Å². The van der Waals surface area contributed by atoms with E-state index in [1.807, 2.05) is 7.05 Å². The largest absolute Gasteiger partial charge is 0.301 e. The molecule has 1 atom stereocenters. The van der Waals surface area contributed by atoms with Gasteiger partial charge in [-0.25, -0.2) is 8.42 Å². The van der Waals surface area contributed by atoms with Crippen molar-refractivity contribution in [3.05, 3.63) is 0 Å². The average molecular weight is 269 g/mol. The van der Waals surface area contributed by atoms with Crippen molar-refractivity contribution in [2.75, 3.05) is 38.3 Å². The second-order valence-corrected chi connectivity index (χ2v) is 6.87. The van der Waals surface area contributed by atoms with Gasteiger partial charge in [0, 0.05) is 31.6 Å². The van der Waals surface area contributed by atoms with Crippen LogP contribution in [0.2, 0.25) is 0 Å². The van der Waals surface area contributed by atoms with Gasteiger partial charge in [-0.1, -0.05) is 0 Å². The zero-order chi connectivity index (χ0) is 12.2. The average Bonchev–Trinajstić information content (AvgIpc) is 2.22. The van der Waals surface area contributed by atoms with Crippen LogP contribution >= 0.6 is 11.6 Å². The van der Waals surface area contributed by atoms with E-state index in [0.717, 1.165) is 13.0 Å². The van der Waals surface area contributed by atoms with Crippen molar-refractivity contribution in [3.63, 3.8) is 0 Å². The van der Waals surface area contributed by atoms with Crippen LogP contribution in [0.3, 0.4) is 0 Å². The van der Waals surface area contributed by atoms with Gasteiger partial charge in [-0.15, -0.1) is 11.6 Å². The number of halogens is 1. The van der Waals surface area contributed by atoms with Crippen molar-refractivity contribution in [1.29, 1.82) is 0 Å². The Labute approximate surface area is 104 Å². The summed E-state index contributed by atoms with van der Waals surface area (Å²) in [6.07, 6.45) is 1.43. The van der Waals surface area contributed by atoms with Crippen molar-refractivity contribution in [2.45, 2.75) is 25.8 Å². The van der Waals surface area contributed by atoms with E-state index in [4.69, 9.17) is 11.6 Å². The summed E-state index contributed by atoms with van der Waals surface area (Å²) >= 11 is 5.54. The molecule has 4 nitrogen and oxygen atoms in total. The summed E-state index contributed by atoms with van der Waals surface area (Å²) < 4.78 is 25.6. The van der Waals surface area contributed by atoms with Crippen LogP contribution in [0.5, 0.6) is 0 Å². The lowest BCUT2D eigenvalue weighted by molar-refractivity contribution is 0.159. The Morgan fingerprint density at radius 1 is 1.31 bits per heavy atom. The minimum absolute atomic E-state index is 0.232. The van der Waals surface area contributed by atoms with E-state index in [9.17, 15) is 8.42 Å². The van der Waals surface area contributed by atoms with Crippen LogP contribution in [0, 0.1) is 0 Å². The number of unbranched alkanes of at least 4 members (excludes halogenated alkanes) is 1. The molecule has 16 heavy (non-hydrogen) atoms. The van der Waals surface area contributed by atoms with Gasteiger partial charge in [-0.3, -0.25) is 0 Å². The van der Waals surface area contributed by atoms with Crippen molar-refractivity contribution in [3.8, 4) is 0 Å². The molecule has 0 N–H and O–H groups in total. The summed E-state index contributed by atoms with van der Waals surface area (Å²) in [5.74, 6) is 0.769. The molecule has 0 aromatic rings. The normalized spacial score (nSPS) is 24.8. The Kier molecular flexibility index (Phi) is 5.50. The fraction of sp³-hybridized carbons (Fsp3) is 1.00. The van der Waals surface area contributed by atoms with Gasteiger partial charge in [-0.05, 0) is 26.8 Å². The lowest BCUT2D eigenvalue weighted by atomic mass is 10.2. The second kappa shape index (κ2) is 6.19. The highest BCUT2D eigenvalue weighted by Crippen LogP contribution is 2.13. The first-order valence-electron chi connectivity index (χ1n) is 5.71. The molecule has 1 saturated heterocycles. The smallest absolute Gasteiger partial charge is 0.214 e. The Morgan fingerprint density at radius 2 is 2.00 bits per heavy atom. The lowest BCUT2D eigenvalue weighted by Crippen LogP contribution is -2.52. The maximum atomic E-state index is 12.0. The molecule has 0 aromatic carbocycles. The van der Waals surface area contributed by atoms with E-state index in [2.05, 4.69) is 11.8 Å². The molecule has 0 aliphatic carbocycles. The van der Waals surface area contributed by atoms with Crippen LogP contribution in [0.15, 0.2) is 0 Å². The fourth-order valence-corrected chi connectivity index (χ4v) is 3.59. The summed E-state index contributed by atoms with van der Waals surface area (Å²) in [6, 6.07) is 0.302. The summed E-state index contributed by atoms with van der Waals surface area (Å²) in [7, 11) is -1.03. The highest BCUT2D eigenvalue weighted by Gasteiger charge is 2.28. The van der Waals surface area contributed by atoms with E-state index < -0.39 is 10.0 Å². The van der Waals surface area contributed by atoms with Crippen LogP contribution in [0.4, 0.5) is 0 Å². The van der Waals surface area contributed by atoms with Crippen LogP contribution in [0.1, 0.15) is 19.8 Å². The summed E-state index contributed by atoms with van der Waals surface area (Å²) in [5, 5.41) is 0. The molecule has 0 radical (unpaired) electrons. The molecule has 1 fully saturated rings. The van der Waals surface area contributed by atoms with Crippen molar-refractivity contribution >= 4 is 21.6 Å². The molecule has 0 aromatic heterocycles. The molecule has 96 valence electrons. The number of likely N-dealkylation sites (N-methyl/N-ethyl adjacent to an activating group) is 1. The monoisotopic (exact) mass is 268 g/mol. The number of hydrogen-bond donors (Lipinski definition) is 0. The van der Waals surface area contributed by atoms with Gasteiger partial charge in [0.2, 0.25) is 10.0 Å². The first-order chi connectivity index (χ1) is 7.47. The Bertz CT molecular complexity index is 308. The maximum absolute atomic E-state index is 12.0. The molecule has 1 heterocycles. The van der Waals surface area contributed by atoms with Crippen molar-refractivity contribution in [2.24, 2.45) is 0 Å². The van der Waals surface area contributed by atoms with Gasteiger partial charge in [0.1, 0.15) is 0 Å². The number of hydrogen-bond acceptors (Lipinski definition) is 3. The zero-order valence-electron chi connectivity index (χ0n) is 10.0. The number of rotatable bonds is 5. The molecule has 0 bridgehead atoms. The third kappa shape index (κ3) is 3.87. The van der Waals surface area contributed by atoms with Crippen LogP contribution in [-0.4, -0.2) is 62.0 Å². The summed E-state index contributed by atoms with van der Waals surface area (Å²) in [6.45, 7) is 4.10. The third-order valence-corrected chi connectivity index (χ3v) is 5.29. The molecule has 1 rings (SSSR count). The van der Waals surface area contributed by atoms with Gasteiger partial charge in [-0.2, -0.15) is 4.31 Å². The maximum Gasteiger partial charge on any atom is 0.214 e. The van der Waals surface area contributed by atoms with Crippen molar-refractivity contribution in [1.82, 2.24) is 9.21 Å². The first kappa shape index (κ1) is 14.2. The Hall–Kier alpha value is 0.160. The minimum Gasteiger partial charge on any atom is -0.301 e. The molecular formula is C10H21ClN2O2S. The molecule has 0 amide bonds. The Morgan fingerprint density at radius 3 is 2.56 bits per heavy atom. The molecule has 1 aliphatic heterocycles. The van der Waals surface area contributed by atoms with Crippen LogP contribution in [0.25, 0.3) is 0 Å². The summed E-state index contributed by atoms with van der Waals surface area (Å²) in [4.78, 5) is 2.19. The number of alkyl halides is 1. The topological polar surface area (TPSA) is 40.6 Å². The van der Waals surface area contributed by atoms with E-state index in [1.165, 1.54) is 0 Å². The first-order valence-corrected chi connectivity index (χ1v) is 7.86. The Balaban J connectivity index is 2.49. The SMILES string of the molecule is CC1CN(S(=O)(=O)CCCCCl)CCN1C. The molecule has 1 unspecified atom stereocenters. The van der Waals surface area contributed by atoms with E-state index >= 15 is 0 Å². The number of piperazine rings is 1. The second-order valence-electron chi connectivity index (χ2n) is 4.40. The van der Waals surface area contributed by atoms with E-state index in [-0.39, 0.29) is 5.75 Å². The fourth-order valence-electron chi connectivity index (χ4n) is 1.78. The highest BCUT2D eigenvalue weighted by molar-refractivity contribution is 7.89. The number of nitrogens with zero attached hydrogens (tertiary/aromatic N) is 2.